The largest absolute Gasteiger partial charge is 0.375 e. The lowest BCUT2D eigenvalue weighted by atomic mass is 10.0. The van der Waals surface area contributed by atoms with Crippen LogP contribution in [-0.4, -0.2) is 35.3 Å². The molecule has 1 aromatic rings. The topological polar surface area (TPSA) is 76.0 Å². The first-order chi connectivity index (χ1) is 9.42. The van der Waals surface area contributed by atoms with Crippen molar-refractivity contribution < 1.29 is 28.2 Å². The van der Waals surface area contributed by atoms with E-state index in [0.717, 1.165) is 6.08 Å². The molecule has 7 heteroatoms. The van der Waals surface area contributed by atoms with Gasteiger partial charge in [-0.05, 0) is 11.6 Å². The number of rotatable bonds is 4. The molecule has 1 saturated heterocycles. The highest BCUT2D eigenvalue weighted by Crippen LogP contribution is 2.40. The minimum absolute atomic E-state index is 0.661. The molecule has 0 radical (unpaired) electrons. The van der Waals surface area contributed by atoms with Crippen molar-refractivity contribution in [2.45, 2.75) is 24.5 Å². The van der Waals surface area contributed by atoms with Crippen molar-refractivity contribution in [1.82, 2.24) is 0 Å². The van der Waals surface area contributed by atoms with Crippen LogP contribution in [0.1, 0.15) is 11.7 Å². The van der Waals surface area contributed by atoms with Gasteiger partial charge >= 0.3 is 7.60 Å². The van der Waals surface area contributed by atoms with Gasteiger partial charge in [0.15, 0.2) is 6.17 Å². The average Bonchev–Trinajstić information content (AvgIpc) is 2.73. The molecule has 0 saturated carbocycles. The first kappa shape index (κ1) is 15.4. The van der Waals surface area contributed by atoms with Crippen molar-refractivity contribution in [1.29, 1.82) is 0 Å². The maximum atomic E-state index is 14.3. The molecule has 0 aliphatic carbocycles. The van der Waals surface area contributed by atoms with Gasteiger partial charge < -0.3 is 19.3 Å². The Morgan fingerprint density at radius 1 is 1.35 bits per heavy atom. The molecule has 4 atom stereocenters. The summed E-state index contributed by atoms with van der Waals surface area (Å²) in [6, 6.07) is 8.82. The molecule has 1 heterocycles. The zero-order chi connectivity index (χ0) is 14.8. The second-order valence-corrected chi connectivity index (χ2v) is 5.98. The highest BCUT2D eigenvalue weighted by atomic mass is 31.2. The molecular formula is C13H16FO5P. The van der Waals surface area contributed by atoms with Crippen LogP contribution in [0.4, 0.5) is 4.39 Å². The molecule has 1 aromatic carbocycles. The Morgan fingerprint density at radius 2 is 2.00 bits per heavy atom. The minimum Gasteiger partial charge on any atom is -0.375 e. The molecule has 110 valence electrons. The van der Waals surface area contributed by atoms with Gasteiger partial charge in [-0.15, -0.1) is 0 Å². The van der Waals surface area contributed by atoms with Crippen LogP contribution in [0.5, 0.6) is 0 Å². The van der Waals surface area contributed by atoms with E-state index in [4.69, 9.17) is 19.3 Å². The highest BCUT2D eigenvalue weighted by Gasteiger charge is 2.45. The third-order valence-electron chi connectivity index (χ3n) is 3.10. The van der Waals surface area contributed by atoms with Gasteiger partial charge in [0.25, 0.3) is 0 Å². The lowest BCUT2D eigenvalue weighted by Crippen LogP contribution is -2.28. The Bertz CT molecular complexity index is 515. The van der Waals surface area contributed by atoms with E-state index in [1.165, 1.54) is 7.11 Å². The van der Waals surface area contributed by atoms with Crippen LogP contribution < -0.4 is 0 Å². The van der Waals surface area contributed by atoms with Gasteiger partial charge in [0.1, 0.15) is 18.3 Å². The number of ether oxygens (including phenoxy) is 2. The number of benzene rings is 1. The molecule has 5 nitrogen and oxygen atoms in total. The summed E-state index contributed by atoms with van der Waals surface area (Å²) >= 11 is 0. The van der Waals surface area contributed by atoms with Crippen LogP contribution in [0.15, 0.2) is 42.2 Å². The van der Waals surface area contributed by atoms with Gasteiger partial charge in [-0.25, -0.2) is 4.39 Å². The Labute approximate surface area is 116 Å². The van der Waals surface area contributed by atoms with Crippen molar-refractivity contribution in [3.05, 3.63) is 47.8 Å². The summed E-state index contributed by atoms with van der Waals surface area (Å²) in [5.41, 5.74) is 0.661. The van der Waals surface area contributed by atoms with Gasteiger partial charge in [-0.3, -0.25) is 4.57 Å². The first-order valence-electron chi connectivity index (χ1n) is 6.04. The van der Waals surface area contributed by atoms with Gasteiger partial charge in [-0.2, -0.15) is 0 Å². The van der Waals surface area contributed by atoms with Crippen LogP contribution in [-0.2, 0) is 14.0 Å². The normalized spacial score (nSPS) is 31.0. The fourth-order valence-corrected chi connectivity index (χ4v) is 2.59. The van der Waals surface area contributed by atoms with Crippen LogP contribution >= 0.6 is 7.60 Å². The van der Waals surface area contributed by atoms with Gasteiger partial charge in [0.05, 0.1) is 0 Å². The van der Waals surface area contributed by atoms with E-state index in [1.807, 2.05) is 6.07 Å². The molecule has 0 aromatic heterocycles. The third kappa shape index (κ3) is 3.53. The van der Waals surface area contributed by atoms with E-state index in [9.17, 15) is 8.96 Å². The molecule has 2 rings (SSSR count). The number of hydrogen-bond donors (Lipinski definition) is 2. The fourth-order valence-electron chi connectivity index (χ4n) is 2.20. The number of hydrogen-bond acceptors (Lipinski definition) is 3. The summed E-state index contributed by atoms with van der Waals surface area (Å²) in [5.74, 6) is 0.712. The van der Waals surface area contributed by atoms with Crippen LogP contribution in [0.25, 0.3) is 0 Å². The van der Waals surface area contributed by atoms with E-state index >= 15 is 0 Å². The summed E-state index contributed by atoms with van der Waals surface area (Å²) in [4.78, 5) is 17.6. The van der Waals surface area contributed by atoms with Crippen molar-refractivity contribution in [2.75, 3.05) is 7.11 Å². The van der Waals surface area contributed by atoms with Gasteiger partial charge in [0, 0.05) is 12.9 Å². The first-order valence-corrected chi connectivity index (χ1v) is 7.72. The zero-order valence-corrected chi connectivity index (χ0v) is 11.7. The number of halogens is 1. The lowest BCUT2D eigenvalue weighted by molar-refractivity contribution is 0.0204. The predicted molar refractivity (Wildman–Crippen MR) is 70.9 cm³/mol. The Balaban J connectivity index is 2.20. The second kappa shape index (κ2) is 6.16. The van der Waals surface area contributed by atoms with Crippen LogP contribution in [0.2, 0.25) is 0 Å². The molecule has 1 aliphatic heterocycles. The number of alkyl halides is 1. The van der Waals surface area contributed by atoms with Crippen molar-refractivity contribution in [3.63, 3.8) is 0 Å². The summed E-state index contributed by atoms with van der Waals surface area (Å²) in [7, 11) is -2.97. The smallest absolute Gasteiger partial charge is 0.348 e. The molecule has 20 heavy (non-hydrogen) atoms. The molecule has 2 N–H and O–H groups in total. The predicted octanol–water partition coefficient (Wildman–Crippen LogP) is 2.17. The molecule has 1 fully saturated rings. The molecule has 0 bridgehead atoms. The van der Waals surface area contributed by atoms with E-state index in [0.29, 0.717) is 11.4 Å². The summed E-state index contributed by atoms with van der Waals surface area (Å²) < 4.78 is 35.7. The molecule has 0 unspecified atom stereocenters. The monoisotopic (exact) mass is 302 g/mol. The zero-order valence-electron chi connectivity index (χ0n) is 10.8. The van der Waals surface area contributed by atoms with E-state index in [-0.39, 0.29) is 0 Å². The van der Waals surface area contributed by atoms with E-state index < -0.39 is 32.1 Å². The molecule has 0 amide bonds. The fraction of sp³-hybridized carbons (Fsp3) is 0.385. The van der Waals surface area contributed by atoms with E-state index in [1.54, 1.807) is 24.3 Å². The summed E-state index contributed by atoms with van der Waals surface area (Å²) in [5, 5.41) is 0. The highest BCUT2D eigenvalue weighted by molar-refractivity contribution is 7.55. The van der Waals surface area contributed by atoms with Crippen molar-refractivity contribution in [3.8, 4) is 0 Å². The van der Waals surface area contributed by atoms with Crippen molar-refractivity contribution in [2.24, 2.45) is 0 Å². The number of methoxy groups -OCH3 is 1. The minimum atomic E-state index is -4.31. The lowest BCUT2D eigenvalue weighted by Gasteiger charge is -2.14. The van der Waals surface area contributed by atoms with Crippen molar-refractivity contribution >= 4 is 7.60 Å². The summed E-state index contributed by atoms with van der Waals surface area (Å²) in [6.45, 7) is 0. The van der Waals surface area contributed by atoms with Crippen LogP contribution in [0, 0.1) is 0 Å². The third-order valence-corrected chi connectivity index (χ3v) is 3.66. The molecule has 0 spiro atoms. The maximum absolute atomic E-state index is 14.3. The Kier molecular flexibility index (Phi) is 4.73. The average molecular weight is 302 g/mol. The summed E-state index contributed by atoms with van der Waals surface area (Å²) in [6.07, 6.45) is -2.80. The Morgan fingerprint density at radius 3 is 2.55 bits per heavy atom. The Hall–Kier alpha value is -1.04. The molecule has 1 aliphatic rings. The second-order valence-electron chi connectivity index (χ2n) is 4.51. The van der Waals surface area contributed by atoms with Gasteiger partial charge in [-0.1, -0.05) is 30.3 Å². The SMILES string of the molecule is CO[C@H]1[C@@H](F)[C@H](c2ccccc2)O[C@@H]1/C=C/P(=O)(O)O. The standard InChI is InChI=1S/C13H16FO5P/c1-18-13-10(7-8-20(15,16)17)19-12(11(13)14)9-5-3-2-4-6-9/h2-8,10-13H,1H3,(H2,15,16,17)/b8-7+/t10-,11+,12+,13-/m1/s1. The maximum Gasteiger partial charge on any atom is 0.348 e. The van der Waals surface area contributed by atoms with E-state index in [2.05, 4.69) is 0 Å². The van der Waals surface area contributed by atoms with Gasteiger partial charge in [0.2, 0.25) is 0 Å². The molecular weight excluding hydrogens is 286 g/mol. The van der Waals surface area contributed by atoms with Crippen LogP contribution in [0.3, 0.4) is 0 Å². The quantitative estimate of drug-likeness (QED) is 0.834.